The summed E-state index contributed by atoms with van der Waals surface area (Å²) < 4.78 is 25.3. The van der Waals surface area contributed by atoms with Crippen molar-refractivity contribution in [2.45, 2.75) is 25.4 Å². The molecule has 0 spiro atoms. The van der Waals surface area contributed by atoms with Crippen LogP contribution in [-0.4, -0.2) is 43.3 Å². The lowest BCUT2D eigenvalue weighted by Gasteiger charge is -2.29. The molecule has 0 bridgehead atoms. The lowest BCUT2D eigenvalue weighted by Crippen LogP contribution is -2.52. The summed E-state index contributed by atoms with van der Waals surface area (Å²) >= 11 is 0. The minimum atomic E-state index is -3.48. The van der Waals surface area contributed by atoms with Crippen LogP contribution in [0, 0.1) is 0 Å². The van der Waals surface area contributed by atoms with Crippen LogP contribution in [0.2, 0.25) is 0 Å². The number of fused-ring (bicyclic) bond motifs is 1. The van der Waals surface area contributed by atoms with Crippen LogP contribution in [0.15, 0.2) is 18.2 Å². The van der Waals surface area contributed by atoms with Gasteiger partial charge >= 0.3 is 0 Å². The van der Waals surface area contributed by atoms with E-state index in [1.54, 1.807) is 18.2 Å². The molecule has 3 amide bonds. The number of imide groups is 1. The molecule has 0 aliphatic carbocycles. The third kappa shape index (κ3) is 2.91. The van der Waals surface area contributed by atoms with Crippen molar-refractivity contribution in [1.82, 2.24) is 10.2 Å². The van der Waals surface area contributed by atoms with Gasteiger partial charge in [-0.25, -0.2) is 8.42 Å². The minimum absolute atomic E-state index is 0.124. The van der Waals surface area contributed by atoms with E-state index in [0.29, 0.717) is 16.8 Å². The monoisotopic (exact) mass is 337 g/mol. The van der Waals surface area contributed by atoms with Gasteiger partial charge in [0.1, 0.15) is 6.04 Å². The number of sulfonamides is 1. The number of benzene rings is 1. The van der Waals surface area contributed by atoms with Crippen LogP contribution in [0.3, 0.4) is 0 Å². The van der Waals surface area contributed by atoms with Crippen LogP contribution in [0.5, 0.6) is 0 Å². The number of amides is 3. The van der Waals surface area contributed by atoms with Crippen molar-refractivity contribution in [3.8, 4) is 0 Å². The molecule has 2 aliphatic rings. The number of hydrogen-bond acceptors (Lipinski definition) is 5. The Balaban J connectivity index is 1.91. The molecule has 23 heavy (non-hydrogen) atoms. The molecule has 3 rings (SSSR count). The van der Waals surface area contributed by atoms with E-state index >= 15 is 0 Å². The molecule has 1 aromatic rings. The summed E-state index contributed by atoms with van der Waals surface area (Å²) in [6.45, 7) is 0.124. The summed E-state index contributed by atoms with van der Waals surface area (Å²) in [5.74, 6) is -1.19. The zero-order chi connectivity index (χ0) is 16.8. The maximum Gasteiger partial charge on any atom is 0.255 e. The lowest BCUT2D eigenvalue weighted by molar-refractivity contribution is -0.136. The number of nitrogens with one attached hydrogen (secondary N) is 2. The first kappa shape index (κ1) is 15.5. The normalized spacial score (nSPS) is 21.2. The highest BCUT2D eigenvalue weighted by atomic mass is 32.2. The zero-order valence-electron chi connectivity index (χ0n) is 12.3. The van der Waals surface area contributed by atoms with Gasteiger partial charge in [-0.2, -0.15) is 0 Å². The predicted octanol–water partition coefficient (Wildman–Crippen LogP) is -0.181. The van der Waals surface area contributed by atoms with Gasteiger partial charge in [-0.15, -0.1) is 0 Å². The maximum absolute atomic E-state index is 12.5. The fourth-order valence-corrected chi connectivity index (χ4v) is 3.47. The van der Waals surface area contributed by atoms with Gasteiger partial charge in [0.15, 0.2) is 0 Å². The molecule has 2 N–H and O–H groups in total. The Morgan fingerprint density at radius 1 is 1.26 bits per heavy atom. The molecule has 2 aliphatic heterocycles. The third-order valence-corrected chi connectivity index (χ3v) is 4.47. The van der Waals surface area contributed by atoms with Gasteiger partial charge in [0.05, 0.1) is 11.9 Å². The number of anilines is 1. The van der Waals surface area contributed by atoms with Crippen molar-refractivity contribution in [3.63, 3.8) is 0 Å². The predicted molar refractivity (Wildman–Crippen MR) is 81.0 cm³/mol. The molecule has 2 heterocycles. The minimum Gasteiger partial charge on any atom is -0.322 e. The number of carbonyl (C=O) groups is 3. The topological polar surface area (TPSA) is 113 Å². The third-order valence-electron chi connectivity index (χ3n) is 3.88. The van der Waals surface area contributed by atoms with Crippen LogP contribution in [0.4, 0.5) is 5.69 Å². The molecule has 8 nitrogen and oxygen atoms in total. The van der Waals surface area contributed by atoms with E-state index < -0.39 is 22.0 Å². The Hall–Kier alpha value is -2.42. The molecule has 1 fully saturated rings. The lowest BCUT2D eigenvalue weighted by atomic mass is 10.0. The van der Waals surface area contributed by atoms with E-state index in [9.17, 15) is 22.8 Å². The first-order chi connectivity index (χ1) is 10.8. The summed E-state index contributed by atoms with van der Waals surface area (Å²) in [7, 11) is -3.48. The Kier molecular flexibility index (Phi) is 3.59. The molecule has 9 heteroatoms. The van der Waals surface area contributed by atoms with Crippen molar-refractivity contribution in [2.75, 3.05) is 11.0 Å². The highest BCUT2D eigenvalue weighted by molar-refractivity contribution is 7.92. The zero-order valence-corrected chi connectivity index (χ0v) is 13.1. The van der Waals surface area contributed by atoms with Crippen molar-refractivity contribution >= 4 is 33.4 Å². The molecular formula is C14H15N3O5S. The van der Waals surface area contributed by atoms with Crippen LogP contribution >= 0.6 is 0 Å². The van der Waals surface area contributed by atoms with E-state index in [0.717, 1.165) is 6.26 Å². The Bertz CT molecular complexity index is 818. The Labute approximate surface area is 132 Å². The van der Waals surface area contributed by atoms with E-state index in [-0.39, 0.29) is 31.2 Å². The number of hydrogen-bond donors (Lipinski definition) is 2. The highest BCUT2D eigenvalue weighted by Gasteiger charge is 2.39. The molecule has 0 aromatic heterocycles. The number of carbonyl (C=O) groups excluding carboxylic acids is 3. The van der Waals surface area contributed by atoms with E-state index in [1.807, 2.05) is 0 Å². The van der Waals surface area contributed by atoms with E-state index in [2.05, 4.69) is 10.0 Å². The van der Waals surface area contributed by atoms with Crippen LogP contribution < -0.4 is 10.0 Å². The van der Waals surface area contributed by atoms with Gasteiger partial charge < -0.3 is 4.90 Å². The largest absolute Gasteiger partial charge is 0.322 e. The summed E-state index contributed by atoms with van der Waals surface area (Å²) in [6.07, 6.45) is 1.46. The maximum atomic E-state index is 12.5. The standard InChI is InChI=1S/C14H15N3O5S/c1-23(21,22)16-10-4-2-3-8-9(10)7-17(14(8)20)11-5-6-12(18)15-13(11)19/h2-4,11,16H,5-7H2,1H3,(H,15,18,19). The summed E-state index contributed by atoms with van der Waals surface area (Å²) in [5, 5.41) is 2.22. The molecule has 0 radical (unpaired) electrons. The summed E-state index contributed by atoms with van der Waals surface area (Å²) in [6, 6.07) is 4.02. The van der Waals surface area contributed by atoms with Crippen molar-refractivity contribution in [1.29, 1.82) is 0 Å². The molecule has 1 atom stereocenters. The van der Waals surface area contributed by atoms with Crippen molar-refractivity contribution in [2.24, 2.45) is 0 Å². The molecular weight excluding hydrogens is 322 g/mol. The van der Waals surface area contributed by atoms with E-state index in [4.69, 9.17) is 0 Å². The SMILES string of the molecule is CS(=O)(=O)Nc1cccc2c1CN(C1CCC(=O)NC1=O)C2=O. The van der Waals surface area contributed by atoms with E-state index in [1.165, 1.54) is 4.90 Å². The number of nitrogens with zero attached hydrogens (tertiary/aromatic N) is 1. The summed E-state index contributed by atoms with van der Waals surface area (Å²) in [4.78, 5) is 37.1. The van der Waals surface area contributed by atoms with Gasteiger partial charge in [-0.1, -0.05) is 6.07 Å². The average molecular weight is 337 g/mol. The smallest absolute Gasteiger partial charge is 0.255 e. The van der Waals surface area contributed by atoms with Gasteiger partial charge in [-0.3, -0.25) is 24.4 Å². The van der Waals surface area contributed by atoms with Gasteiger partial charge in [-0.05, 0) is 18.6 Å². The Morgan fingerprint density at radius 2 is 2.00 bits per heavy atom. The second kappa shape index (κ2) is 5.34. The fraction of sp³-hybridized carbons (Fsp3) is 0.357. The van der Waals surface area contributed by atoms with Gasteiger partial charge in [0.2, 0.25) is 21.8 Å². The molecule has 122 valence electrons. The second-order valence-corrected chi connectivity index (χ2v) is 7.35. The number of rotatable bonds is 3. The molecule has 1 saturated heterocycles. The average Bonchev–Trinajstić information content (AvgIpc) is 2.76. The highest BCUT2D eigenvalue weighted by Crippen LogP contribution is 2.32. The quantitative estimate of drug-likeness (QED) is 0.743. The van der Waals surface area contributed by atoms with Crippen LogP contribution in [-0.2, 0) is 26.2 Å². The molecule has 1 aromatic carbocycles. The van der Waals surface area contributed by atoms with Crippen LogP contribution in [0.1, 0.15) is 28.8 Å². The molecule has 0 saturated carbocycles. The van der Waals surface area contributed by atoms with Crippen molar-refractivity contribution < 1.29 is 22.8 Å². The first-order valence-electron chi connectivity index (χ1n) is 7.00. The fourth-order valence-electron chi connectivity index (χ4n) is 2.88. The van der Waals surface area contributed by atoms with Gasteiger partial charge in [0, 0.05) is 24.1 Å². The van der Waals surface area contributed by atoms with Crippen LogP contribution in [0.25, 0.3) is 0 Å². The summed E-state index contributed by atoms with van der Waals surface area (Å²) in [5.41, 5.74) is 1.23. The second-order valence-electron chi connectivity index (χ2n) is 5.61. The first-order valence-corrected chi connectivity index (χ1v) is 8.90. The molecule has 1 unspecified atom stereocenters. The Morgan fingerprint density at radius 3 is 2.65 bits per heavy atom. The van der Waals surface area contributed by atoms with Gasteiger partial charge in [0.25, 0.3) is 5.91 Å². The number of piperidine rings is 1. The van der Waals surface area contributed by atoms with Crippen molar-refractivity contribution in [3.05, 3.63) is 29.3 Å².